The number of pyridine rings is 1. The van der Waals surface area contributed by atoms with Crippen molar-refractivity contribution in [2.45, 2.75) is 95.7 Å². The molecule has 10 heteroatoms. The molecule has 0 amide bonds. The highest BCUT2D eigenvalue weighted by Gasteiger charge is 2.31. The number of thiophene rings is 1. The number of rotatable bonds is 11. The largest absolute Gasteiger partial charge is 0.333 e. The van der Waals surface area contributed by atoms with E-state index < -0.39 is 11.4 Å². The number of aromatic nitrogens is 3. The fraction of sp³-hybridized carbons (Fsp3) is 0.500. The molecule has 7 nitrogen and oxygen atoms in total. The minimum absolute atomic E-state index is 0.0252. The van der Waals surface area contributed by atoms with Crippen molar-refractivity contribution < 1.29 is 4.39 Å². The van der Waals surface area contributed by atoms with Gasteiger partial charge in [0.1, 0.15) is 11.5 Å². The molecule has 4 aromatic rings. The fourth-order valence-electron chi connectivity index (χ4n) is 6.91. The Morgan fingerprint density at radius 1 is 0.977 bits per heavy atom. The van der Waals surface area contributed by atoms with Gasteiger partial charge in [-0.25, -0.2) is 14.2 Å². The summed E-state index contributed by atoms with van der Waals surface area (Å²) in [5, 5.41) is 6.33. The third-order valence-corrected chi connectivity index (χ3v) is 11.0. The Morgan fingerprint density at radius 3 is 2.43 bits per heavy atom. The van der Waals surface area contributed by atoms with Gasteiger partial charge in [0.25, 0.3) is 5.56 Å². The predicted molar refractivity (Wildman–Crippen MR) is 179 cm³/mol. The molecule has 234 valence electrons. The van der Waals surface area contributed by atoms with E-state index in [1.807, 2.05) is 11.8 Å². The first kappa shape index (κ1) is 31.2. The van der Waals surface area contributed by atoms with Crippen LogP contribution >= 0.6 is 23.1 Å². The standard InChI is InChI=1S/C34H42FN5O2S2/c1-2-7-31(38(23-29-10-6-17-44-29)22-24-8-4-3-5-9-24)37-26-11-13-27(14-12-26)40-33(41)30-20-25(35)21-36-32(30)39(34(40)42)28-15-18-43-19-16-28/h3-6,8-10,17,20-21,26-28,31,37H,2,7,11-16,18-19,22-23H2,1H3. The smallest absolute Gasteiger partial charge is 0.299 e. The van der Waals surface area contributed by atoms with E-state index in [2.05, 4.69) is 70.0 Å². The highest BCUT2D eigenvalue weighted by Crippen LogP contribution is 2.31. The van der Waals surface area contributed by atoms with Crippen LogP contribution in [0.15, 0.2) is 69.7 Å². The summed E-state index contributed by atoms with van der Waals surface area (Å²) >= 11 is 3.67. The second-order valence-corrected chi connectivity index (χ2v) is 14.4. The molecule has 0 radical (unpaired) electrons. The lowest BCUT2D eigenvalue weighted by Gasteiger charge is -2.38. The molecule has 1 atom stereocenters. The molecule has 1 unspecified atom stereocenters. The molecule has 0 bridgehead atoms. The lowest BCUT2D eigenvalue weighted by Crippen LogP contribution is -2.51. The van der Waals surface area contributed by atoms with Crippen molar-refractivity contribution in [2.24, 2.45) is 0 Å². The molecule has 1 N–H and O–H groups in total. The van der Waals surface area contributed by atoms with Crippen LogP contribution in [-0.2, 0) is 13.1 Å². The van der Waals surface area contributed by atoms with Crippen molar-refractivity contribution in [3.05, 3.63) is 97.2 Å². The normalized spacial score (nSPS) is 20.3. The molecule has 1 aliphatic heterocycles. The number of nitrogens with one attached hydrogen (secondary N) is 1. The SMILES string of the molecule is CCCC(NC1CCC(n2c(=O)c3cc(F)cnc3n(C3CCSCC3)c2=O)CC1)N(Cc1ccccc1)Cc1cccs1. The van der Waals surface area contributed by atoms with E-state index in [4.69, 9.17) is 0 Å². The second-order valence-electron chi connectivity index (χ2n) is 12.1. The molecule has 0 spiro atoms. The van der Waals surface area contributed by atoms with E-state index in [1.165, 1.54) is 21.1 Å². The van der Waals surface area contributed by atoms with Crippen molar-refractivity contribution in [1.29, 1.82) is 0 Å². The Kier molecular flexibility index (Phi) is 10.3. The second kappa shape index (κ2) is 14.5. The van der Waals surface area contributed by atoms with Crippen LogP contribution in [0.4, 0.5) is 4.39 Å². The lowest BCUT2D eigenvalue weighted by atomic mass is 9.90. The van der Waals surface area contributed by atoms with Gasteiger partial charge in [0.05, 0.1) is 17.7 Å². The number of nitrogens with zero attached hydrogens (tertiary/aromatic N) is 4. The number of benzene rings is 1. The molecule has 1 aromatic carbocycles. The van der Waals surface area contributed by atoms with E-state index in [0.29, 0.717) is 5.65 Å². The van der Waals surface area contributed by atoms with Crippen LogP contribution in [0.1, 0.15) is 80.8 Å². The third-order valence-electron chi connectivity index (χ3n) is 9.14. The molecule has 1 saturated carbocycles. The number of thioether (sulfide) groups is 1. The van der Waals surface area contributed by atoms with Crippen LogP contribution in [-0.4, -0.2) is 42.7 Å². The summed E-state index contributed by atoms with van der Waals surface area (Å²) in [5.74, 6) is 1.37. The van der Waals surface area contributed by atoms with Gasteiger partial charge in [-0.1, -0.05) is 49.7 Å². The average Bonchev–Trinajstić information content (AvgIpc) is 3.56. The van der Waals surface area contributed by atoms with Crippen LogP contribution in [0.5, 0.6) is 0 Å². The molecule has 1 saturated heterocycles. The Labute approximate surface area is 266 Å². The summed E-state index contributed by atoms with van der Waals surface area (Å²) in [6.45, 7) is 3.98. The molecule has 4 heterocycles. The summed E-state index contributed by atoms with van der Waals surface area (Å²) < 4.78 is 17.4. The highest BCUT2D eigenvalue weighted by atomic mass is 32.2. The zero-order chi connectivity index (χ0) is 30.5. The minimum Gasteiger partial charge on any atom is -0.299 e. The van der Waals surface area contributed by atoms with Gasteiger partial charge in [-0.2, -0.15) is 11.8 Å². The average molecular weight is 636 g/mol. The number of hydrogen-bond acceptors (Lipinski definition) is 7. The summed E-state index contributed by atoms with van der Waals surface area (Å²) in [6.07, 6.45) is 8.31. The monoisotopic (exact) mass is 635 g/mol. The van der Waals surface area contributed by atoms with E-state index in [9.17, 15) is 14.0 Å². The molecule has 44 heavy (non-hydrogen) atoms. The fourth-order valence-corrected chi connectivity index (χ4v) is 8.72. The summed E-state index contributed by atoms with van der Waals surface area (Å²) in [4.78, 5) is 35.9. The topological polar surface area (TPSA) is 72.2 Å². The maximum Gasteiger partial charge on any atom is 0.333 e. The maximum atomic E-state index is 14.3. The first-order valence-corrected chi connectivity index (χ1v) is 18.0. The molecular weight excluding hydrogens is 594 g/mol. The number of hydrogen-bond donors (Lipinski definition) is 1. The molecule has 2 fully saturated rings. The molecular formula is C34H42FN5O2S2. The molecule has 2 aliphatic rings. The number of fused-ring (bicyclic) bond motifs is 1. The number of halogens is 1. The quantitative estimate of drug-likeness (QED) is 0.184. The van der Waals surface area contributed by atoms with E-state index >= 15 is 0 Å². The zero-order valence-electron chi connectivity index (χ0n) is 25.4. The maximum absolute atomic E-state index is 14.3. The van der Waals surface area contributed by atoms with Crippen molar-refractivity contribution in [3.63, 3.8) is 0 Å². The van der Waals surface area contributed by atoms with Gasteiger partial charge in [-0.3, -0.25) is 24.1 Å². The first-order chi connectivity index (χ1) is 21.5. The Morgan fingerprint density at radius 2 is 1.73 bits per heavy atom. The molecule has 6 rings (SSSR count). The van der Waals surface area contributed by atoms with E-state index in [-0.39, 0.29) is 35.4 Å². The zero-order valence-corrected chi connectivity index (χ0v) is 27.0. The van der Waals surface area contributed by atoms with Crippen molar-refractivity contribution in [1.82, 2.24) is 24.3 Å². The van der Waals surface area contributed by atoms with Crippen molar-refractivity contribution >= 4 is 34.1 Å². The summed E-state index contributed by atoms with van der Waals surface area (Å²) in [7, 11) is 0. The van der Waals surface area contributed by atoms with Crippen LogP contribution < -0.4 is 16.6 Å². The van der Waals surface area contributed by atoms with E-state index in [0.717, 1.165) is 82.2 Å². The van der Waals surface area contributed by atoms with Crippen LogP contribution in [0.3, 0.4) is 0 Å². The van der Waals surface area contributed by atoms with Gasteiger partial charge >= 0.3 is 5.69 Å². The summed E-state index contributed by atoms with van der Waals surface area (Å²) in [5.41, 5.74) is 0.911. The first-order valence-electron chi connectivity index (χ1n) is 16.0. The Hall–Kier alpha value is -2.79. The minimum atomic E-state index is -0.553. The van der Waals surface area contributed by atoms with Crippen LogP contribution in [0.2, 0.25) is 0 Å². The van der Waals surface area contributed by atoms with Crippen molar-refractivity contribution in [3.8, 4) is 0 Å². The third kappa shape index (κ3) is 7.03. The Balaban J connectivity index is 1.22. The lowest BCUT2D eigenvalue weighted by molar-refractivity contribution is 0.114. The predicted octanol–water partition coefficient (Wildman–Crippen LogP) is 6.73. The van der Waals surface area contributed by atoms with E-state index in [1.54, 1.807) is 15.9 Å². The van der Waals surface area contributed by atoms with Crippen LogP contribution in [0, 0.1) is 5.82 Å². The highest BCUT2D eigenvalue weighted by molar-refractivity contribution is 7.99. The van der Waals surface area contributed by atoms with Crippen LogP contribution in [0.25, 0.3) is 11.0 Å². The van der Waals surface area contributed by atoms with Gasteiger partial charge in [0.15, 0.2) is 0 Å². The summed E-state index contributed by atoms with van der Waals surface area (Å²) in [6, 6.07) is 16.3. The Bertz CT molecular complexity index is 1630. The molecule has 3 aromatic heterocycles. The van der Waals surface area contributed by atoms with Gasteiger partial charge in [-0.05, 0) is 79.5 Å². The van der Waals surface area contributed by atoms with Gasteiger partial charge in [0.2, 0.25) is 0 Å². The molecule has 1 aliphatic carbocycles. The van der Waals surface area contributed by atoms with Gasteiger partial charge in [0, 0.05) is 36.1 Å². The van der Waals surface area contributed by atoms with Gasteiger partial charge in [-0.15, -0.1) is 11.3 Å². The van der Waals surface area contributed by atoms with Gasteiger partial charge < -0.3 is 0 Å². The van der Waals surface area contributed by atoms with Crippen molar-refractivity contribution in [2.75, 3.05) is 11.5 Å².